The smallest absolute Gasteiger partial charge is 0.0319 e. The third kappa shape index (κ3) is 4.78. The van der Waals surface area contributed by atoms with Crippen molar-refractivity contribution in [2.24, 2.45) is 0 Å². The van der Waals surface area contributed by atoms with Gasteiger partial charge in [-0.15, -0.1) is 17.0 Å². The zero-order valence-electron chi connectivity index (χ0n) is 12.5. The minimum Gasteiger partial charge on any atom is -0.400 e. The van der Waals surface area contributed by atoms with Crippen LogP contribution in [0.25, 0.3) is 0 Å². The Labute approximate surface area is 144 Å². The Morgan fingerprint density at radius 2 is 0.727 bits per heavy atom. The van der Waals surface area contributed by atoms with Crippen LogP contribution in [0.3, 0.4) is 0 Å². The maximum Gasteiger partial charge on any atom is 0.0319 e. The van der Waals surface area contributed by atoms with Gasteiger partial charge < -0.3 is 5.11 Å². The summed E-state index contributed by atoms with van der Waals surface area (Å²) in [6.45, 7) is 0. The molecule has 0 radical (unpaired) electrons. The standard InChI is InChI=1S/C18H15P.CH4O.BrH/c1-4-10-16(11-5-1)19(17-12-6-2-7-13-17)18-14-8-3-9-15-18;1-2;/h1-15H;2H,1H3;1H. The first-order valence-electron chi connectivity index (χ1n) is 6.85. The third-order valence-electron chi connectivity index (χ3n) is 3.04. The van der Waals surface area contributed by atoms with Crippen LogP contribution in [0.4, 0.5) is 0 Å². The van der Waals surface area contributed by atoms with E-state index in [1.54, 1.807) is 0 Å². The van der Waals surface area contributed by atoms with E-state index in [1.807, 2.05) is 0 Å². The second-order valence-electron chi connectivity index (χ2n) is 4.34. The van der Waals surface area contributed by atoms with Crippen molar-refractivity contribution in [2.75, 3.05) is 7.11 Å². The number of rotatable bonds is 3. The highest BCUT2D eigenvalue weighted by Gasteiger charge is 2.14. The SMILES string of the molecule is Br.CO.c1ccc(P(c2ccccc2)c2ccccc2)cc1. The maximum absolute atomic E-state index is 7.00. The number of hydrogen-bond acceptors (Lipinski definition) is 1. The summed E-state index contributed by atoms with van der Waals surface area (Å²) in [4.78, 5) is 0. The molecule has 1 N–H and O–H groups in total. The van der Waals surface area contributed by atoms with Crippen LogP contribution in [0.1, 0.15) is 0 Å². The molecule has 0 saturated heterocycles. The average Bonchev–Trinajstić information content (AvgIpc) is 2.60. The van der Waals surface area contributed by atoms with E-state index in [2.05, 4.69) is 91.0 Å². The first kappa shape index (κ1) is 18.6. The second-order valence-corrected chi connectivity index (χ2v) is 6.56. The molecule has 0 amide bonds. The van der Waals surface area contributed by atoms with Gasteiger partial charge in [0.05, 0.1) is 0 Å². The number of hydrogen-bond donors (Lipinski definition) is 1. The Morgan fingerprint density at radius 1 is 0.500 bits per heavy atom. The lowest BCUT2D eigenvalue weighted by Crippen LogP contribution is -2.20. The number of benzene rings is 3. The highest BCUT2D eigenvalue weighted by atomic mass is 79.9. The van der Waals surface area contributed by atoms with Gasteiger partial charge >= 0.3 is 0 Å². The summed E-state index contributed by atoms with van der Waals surface area (Å²) in [6, 6.07) is 32.3. The molecule has 3 rings (SSSR count). The normalized spacial score (nSPS) is 9.41. The molecule has 3 aromatic carbocycles. The molecule has 0 aliphatic rings. The van der Waals surface area contributed by atoms with Gasteiger partial charge in [-0.3, -0.25) is 0 Å². The van der Waals surface area contributed by atoms with Gasteiger partial charge in [-0.2, -0.15) is 0 Å². The summed E-state index contributed by atoms with van der Waals surface area (Å²) in [5.74, 6) is 0. The Balaban J connectivity index is 0.000000775. The average molecular weight is 375 g/mol. The van der Waals surface area contributed by atoms with Crippen molar-refractivity contribution >= 4 is 40.8 Å². The lowest BCUT2D eigenvalue weighted by Gasteiger charge is -2.18. The zero-order valence-corrected chi connectivity index (χ0v) is 15.1. The van der Waals surface area contributed by atoms with Crippen molar-refractivity contribution in [3.8, 4) is 0 Å². The first-order chi connectivity index (χ1) is 10.4. The van der Waals surface area contributed by atoms with E-state index >= 15 is 0 Å². The second kappa shape index (κ2) is 10.3. The molecule has 0 saturated carbocycles. The zero-order chi connectivity index (χ0) is 14.9. The van der Waals surface area contributed by atoms with Crippen molar-refractivity contribution in [1.82, 2.24) is 0 Å². The van der Waals surface area contributed by atoms with Gasteiger partial charge in [0.25, 0.3) is 0 Å². The summed E-state index contributed by atoms with van der Waals surface area (Å²) in [7, 11) is 0.554. The molecule has 0 fully saturated rings. The third-order valence-corrected chi connectivity index (χ3v) is 5.49. The quantitative estimate of drug-likeness (QED) is 0.694. The van der Waals surface area contributed by atoms with Gasteiger partial charge in [0.1, 0.15) is 0 Å². The Bertz CT molecular complexity index is 535. The molecule has 3 aromatic rings. The van der Waals surface area contributed by atoms with E-state index in [0.29, 0.717) is 0 Å². The van der Waals surface area contributed by atoms with Crippen LogP contribution in [0, 0.1) is 0 Å². The van der Waals surface area contributed by atoms with Crippen molar-refractivity contribution in [3.05, 3.63) is 91.0 Å². The minimum atomic E-state index is -0.446. The molecule has 0 unspecified atom stereocenters. The lowest BCUT2D eigenvalue weighted by molar-refractivity contribution is 0.399. The van der Waals surface area contributed by atoms with Gasteiger partial charge in [-0.25, -0.2) is 0 Å². The maximum atomic E-state index is 7.00. The molecule has 0 aromatic heterocycles. The van der Waals surface area contributed by atoms with Gasteiger partial charge in [-0.05, 0) is 23.8 Å². The van der Waals surface area contributed by atoms with Crippen LogP contribution in [0.15, 0.2) is 91.0 Å². The fourth-order valence-electron chi connectivity index (χ4n) is 2.18. The van der Waals surface area contributed by atoms with Crippen LogP contribution in [0.5, 0.6) is 0 Å². The van der Waals surface area contributed by atoms with Gasteiger partial charge in [0.2, 0.25) is 0 Å². The van der Waals surface area contributed by atoms with Crippen LogP contribution < -0.4 is 15.9 Å². The molecular weight excluding hydrogens is 355 g/mol. The van der Waals surface area contributed by atoms with Crippen molar-refractivity contribution in [2.45, 2.75) is 0 Å². The Hall–Kier alpha value is -1.47. The molecule has 1 nitrogen and oxygen atoms in total. The topological polar surface area (TPSA) is 20.2 Å². The van der Waals surface area contributed by atoms with Crippen LogP contribution in [-0.4, -0.2) is 12.2 Å². The molecule has 0 heterocycles. The van der Waals surface area contributed by atoms with Crippen molar-refractivity contribution < 1.29 is 5.11 Å². The molecule has 114 valence electrons. The van der Waals surface area contributed by atoms with E-state index < -0.39 is 7.92 Å². The van der Waals surface area contributed by atoms with Gasteiger partial charge in [0.15, 0.2) is 0 Å². The predicted octanol–water partition coefficient (Wildman–Crippen LogP) is 3.63. The Morgan fingerprint density at radius 3 is 0.955 bits per heavy atom. The van der Waals surface area contributed by atoms with E-state index in [0.717, 1.165) is 7.11 Å². The predicted molar refractivity (Wildman–Crippen MR) is 104 cm³/mol. The van der Waals surface area contributed by atoms with Gasteiger partial charge in [0, 0.05) is 7.11 Å². The van der Waals surface area contributed by atoms with Crippen LogP contribution in [0.2, 0.25) is 0 Å². The summed E-state index contributed by atoms with van der Waals surface area (Å²) < 4.78 is 0. The first-order valence-corrected chi connectivity index (χ1v) is 8.19. The summed E-state index contributed by atoms with van der Waals surface area (Å²) in [5.41, 5.74) is 0. The fraction of sp³-hybridized carbons (Fsp3) is 0.0526. The molecule has 0 bridgehead atoms. The van der Waals surface area contributed by atoms with E-state index in [-0.39, 0.29) is 17.0 Å². The van der Waals surface area contributed by atoms with Crippen molar-refractivity contribution in [1.29, 1.82) is 0 Å². The molecule has 0 aliphatic heterocycles. The number of aliphatic hydroxyl groups is 1. The Kier molecular flexibility index (Phi) is 8.69. The highest BCUT2D eigenvalue weighted by molar-refractivity contribution is 8.93. The molecule has 22 heavy (non-hydrogen) atoms. The lowest BCUT2D eigenvalue weighted by atomic mass is 10.4. The van der Waals surface area contributed by atoms with E-state index in [1.165, 1.54) is 15.9 Å². The van der Waals surface area contributed by atoms with Crippen LogP contribution in [-0.2, 0) is 0 Å². The minimum absolute atomic E-state index is 0. The molecule has 3 heteroatoms. The van der Waals surface area contributed by atoms with Crippen molar-refractivity contribution in [3.63, 3.8) is 0 Å². The number of halogens is 1. The molecule has 0 atom stereocenters. The summed E-state index contributed by atoms with van der Waals surface area (Å²) in [5, 5.41) is 11.2. The fourth-order valence-corrected chi connectivity index (χ4v) is 4.48. The van der Waals surface area contributed by atoms with E-state index in [9.17, 15) is 0 Å². The van der Waals surface area contributed by atoms with Crippen LogP contribution >= 0.6 is 24.9 Å². The van der Waals surface area contributed by atoms with E-state index in [4.69, 9.17) is 5.11 Å². The molecular formula is C19H20BrOP. The summed E-state index contributed by atoms with van der Waals surface area (Å²) in [6.07, 6.45) is 0. The molecule has 0 spiro atoms. The highest BCUT2D eigenvalue weighted by Crippen LogP contribution is 2.32. The molecule has 0 aliphatic carbocycles. The number of aliphatic hydroxyl groups excluding tert-OH is 1. The monoisotopic (exact) mass is 374 g/mol. The summed E-state index contributed by atoms with van der Waals surface area (Å²) >= 11 is 0. The van der Waals surface area contributed by atoms with Gasteiger partial charge in [-0.1, -0.05) is 91.0 Å². The largest absolute Gasteiger partial charge is 0.400 e.